The first-order valence-corrected chi connectivity index (χ1v) is 7.67. The van der Waals surface area contributed by atoms with Gasteiger partial charge in [-0.2, -0.15) is 0 Å². The molecule has 1 fully saturated rings. The van der Waals surface area contributed by atoms with E-state index in [2.05, 4.69) is 38.0 Å². The predicted octanol–water partition coefficient (Wildman–Crippen LogP) is 4.92. The highest BCUT2D eigenvalue weighted by Crippen LogP contribution is 2.39. The molecule has 1 heterocycles. The molecule has 0 bridgehead atoms. The van der Waals surface area contributed by atoms with Crippen LogP contribution in [-0.4, -0.2) is 9.97 Å². The largest absolute Gasteiger partial charge is 0.226 e. The molecule has 3 rings (SSSR count). The molecule has 1 saturated carbocycles. The summed E-state index contributed by atoms with van der Waals surface area (Å²) in [4.78, 5) is 10.0. The highest BCUT2D eigenvalue weighted by molar-refractivity contribution is 9.10. The standard InChI is InChI=1S/C13H10BrClN2S/c14-9-3-5-10(6-4-9)18-12-7-11(15)16-13(17-12)8-1-2-8/h3-8H,1-2H2. The number of rotatable bonds is 3. The lowest BCUT2D eigenvalue weighted by molar-refractivity contribution is 0.878. The Bertz CT molecular complexity index is 570. The number of benzene rings is 1. The lowest BCUT2D eigenvalue weighted by Crippen LogP contribution is -1.94. The molecule has 1 aromatic carbocycles. The SMILES string of the molecule is Clc1cc(Sc2ccc(Br)cc2)nc(C2CC2)n1. The van der Waals surface area contributed by atoms with Gasteiger partial charge in [-0.25, -0.2) is 9.97 Å². The third kappa shape index (κ3) is 3.05. The molecule has 1 aromatic heterocycles. The van der Waals surface area contributed by atoms with E-state index < -0.39 is 0 Å². The summed E-state index contributed by atoms with van der Waals surface area (Å²) in [6.07, 6.45) is 2.37. The summed E-state index contributed by atoms with van der Waals surface area (Å²) in [5.41, 5.74) is 0. The van der Waals surface area contributed by atoms with Crippen molar-refractivity contribution in [3.63, 3.8) is 0 Å². The van der Waals surface area contributed by atoms with Crippen LogP contribution in [0, 0.1) is 0 Å². The fourth-order valence-corrected chi connectivity index (χ4v) is 2.96. The lowest BCUT2D eigenvalue weighted by atomic mass is 10.4. The maximum absolute atomic E-state index is 6.04. The summed E-state index contributed by atoms with van der Waals surface area (Å²) in [6, 6.07) is 9.98. The van der Waals surface area contributed by atoms with Crippen molar-refractivity contribution in [1.82, 2.24) is 9.97 Å². The molecule has 1 aliphatic carbocycles. The van der Waals surface area contributed by atoms with E-state index in [0.29, 0.717) is 11.1 Å². The average molecular weight is 342 g/mol. The van der Waals surface area contributed by atoms with Crippen molar-refractivity contribution in [2.45, 2.75) is 28.7 Å². The van der Waals surface area contributed by atoms with Crippen LogP contribution in [0.3, 0.4) is 0 Å². The second-order valence-corrected chi connectivity index (χ2v) is 6.61. The first kappa shape index (κ1) is 12.5. The summed E-state index contributed by atoms with van der Waals surface area (Å²) in [5, 5.41) is 1.45. The minimum absolute atomic E-state index is 0.521. The molecule has 18 heavy (non-hydrogen) atoms. The minimum Gasteiger partial charge on any atom is -0.226 e. The summed E-state index contributed by atoms with van der Waals surface area (Å²) >= 11 is 11.1. The molecule has 92 valence electrons. The van der Waals surface area contributed by atoms with Gasteiger partial charge < -0.3 is 0 Å². The lowest BCUT2D eigenvalue weighted by Gasteiger charge is -2.04. The van der Waals surface area contributed by atoms with Crippen molar-refractivity contribution in [2.24, 2.45) is 0 Å². The summed E-state index contributed by atoms with van der Waals surface area (Å²) in [6.45, 7) is 0. The van der Waals surface area contributed by atoms with Gasteiger partial charge in [-0.1, -0.05) is 39.3 Å². The van der Waals surface area contributed by atoms with Gasteiger partial charge in [0, 0.05) is 21.4 Å². The Morgan fingerprint density at radius 3 is 2.56 bits per heavy atom. The highest BCUT2D eigenvalue weighted by Gasteiger charge is 2.27. The molecule has 0 atom stereocenters. The van der Waals surface area contributed by atoms with Crippen LogP contribution in [-0.2, 0) is 0 Å². The van der Waals surface area contributed by atoms with Crippen molar-refractivity contribution in [1.29, 1.82) is 0 Å². The molecular formula is C13H10BrClN2S. The zero-order valence-electron chi connectivity index (χ0n) is 9.44. The fraction of sp³-hybridized carbons (Fsp3) is 0.231. The molecule has 0 amide bonds. The molecule has 1 aliphatic rings. The summed E-state index contributed by atoms with van der Waals surface area (Å²) in [5.74, 6) is 1.41. The van der Waals surface area contributed by atoms with Crippen LogP contribution >= 0.6 is 39.3 Å². The minimum atomic E-state index is 0.521. The van der Waals surface area contributed by atoms with E-state index in [4.69, 9.17) is 11.6 Å². The second-order valence-electron chi connectivity index (χ2n) is 4.22. The monoisotopic (exact) mass is 340 g/mol. The Labute approximate surface area is 123 Å². The van der Waals surface area contributed by atoms with Crippen molar-refractivity contribution < 1.29 is 0 Å². The van der Waals surface area contributed by atoms with Gasteiger partial charge in [-0.3, -0.25) is 0 Å². The zero-order chi connectivity index (χ0) is 12.5. The van der Waals surface area contributed by atoms with Crippen LogP contribution < -0.4 is 0 Å². The quantitative estimate of drug-likeness (QED) is 0.741. The van der Waals surface area contributed by atoms with E-state index in [1.807, 2.05) is 18.2 Å². The predicted molar refractivity (Wildman–Crippen MR) is 77.3 cm³/mol. The zero-order valence-corrected chi connectivity index (χ0v) is 12.6. The van der Waals surface area contributed by atoms with Crippen LogP contribution in [0.25, 0.3) is 0 Å². The second kappa shape index (κ2) is 5.19. The van der Waals surface area contributed by atoms with Gasteiger partial charge in [0.15, 0.2) is 0 Å². The fourth-order valence-electron chi connectivity index (χ4n) is 1.61. The van der Waals surface area contributed by atoms with E-state index >= 15 is 0 Å². The Kier molecular flexibility index (Phi) is 3.59. The van der Waals surface area contributed by atoms with Gasteiger partial charge >= 0.3 is 0 Å². The first-order valence-electron chi connectivity index (χ1n) is 5.68. The maximum atomic E-state index is 6.04. The number of hydrogen-bond acceptors (Lipinski definition) is 3. The van der Waals surface area contributed by atoms with Crippen molar-refractivity contribution in [3.8, 4) is 0 Å². The maximum Gasteiger partial charge on any atom is 0.134 e. The van der Waals surface area contributed by atoms with Crippen LogP contribution in [0.15, 0.2) is 44.7 Å². The Balaban J connectivity index is 1.85. The van der Waals surface area contributed by atoms with Gasteiger partial charge in [0.2, 0.25) is 0 Å². The van der Waals surface area contributed by atoms with Crippen LogP contribution in [0.2, 0.25) is 5.15 Å². The third-order valence-electron chi connectivity index (χ3n) is 2.67. The van der Waals surface area contributed by atoms with Crippen LogP contribution in [0.1, 0.15) is 24.6 Å². The van der Waals surface area contributed by atoms with Gasteiger partial charge in [-0.15, -0.1) is 0 Å². The highest BCUT2D eigenvalue weighted by atomic mass is 79.9. The summed E-state index contributed by atoms with van der Waals surface area (Å²) in [7, 11) is 0. The topological polar surface area (TPSA) is 25.8 Å². The molecule has 5 heteroatoms. The Morgan fingerprint density at radius 2 is 1.89 bits per heavy atom. The van der Waals surface area contributed by atoms with Crippen molar-refractivity contribution >= 4 is 39.3 Å². The molecule has 0 aliphatic heterocycles. The van der Waals surface area contributed by atoms with Gasteiger partial charge in [-0.05, 0) is 37.1 Å². The molecular weight excluding hydrogens is 332 g/mol. The van der Waals surface area contributed by atoms with E-state index in [1.54, 1.807) is 11.8 Å². The Hall–Kier alpha value is -0.580. The number of hydrogen-bond donors (Lipinski definition) is 0. The van der Waals surface area contributed by atoms with E-state index in [9.17, 15) is 0 Å². The normalized spacial score (nSPS) is 14.8. The van der Waals surface area contributed by atoms with Gasteiger partial charge in [0.25, 0.3) is 0 Å². The molecule has 0 unspecified atom stereocenters. The van der Waals surface area contributed by atoms with Crippen LogP contribution in [0.5, 0.6) is 0 Å². The van der Waals surface area contributed by atoms with E-state index in [1.165, 1.54) is 12.8 Å². The van der Waals surface area contributed by atoms with Crippen molar-refractivity contribution in [2.75, 3.05) is 0 Å². The molecule has 0 saturated heterocycles. The smallest absolute Gasteiger partial charge is 0.134 e. The van der Waals surface area contributed by atoms with Crippen molar-refractivity contribution in [3.05, 3.63) is 45.8 Å². The van der Waals surface area contributed by atoms with Gasteiger partial charge in [0.05, 0.1) is 0 Å². The first-order chi connectivity index (χ1) is 8.70. The molecule has 0 spiro atoms. The molecule has 0 N–H and O–H groups in total. The van der Waals surface area contributed by atoms with Gasteiger partial charge in [0.1, 0.15) is 16.0 Å². The Morgan fingerprint density at radius 1 is 1.17 bits per heavy atom. The molecule has 2 nitrogen and oxygen atoms in total. The van der Waals surface area contributed by atoms with E-state index in [-0.39, 0.29) is 0 Å². The molecule has 2 aromatic rings. The number of nitrogens with zero attached hydrogens (tertiary/aromatic N) is 2. The van der Waals surface area contributed by atoms with Crippen LogP contribution in [0.4, 0.5) is 0 Å². The number of halogens is 2. The van der Waals surface area contributed by atoms with E-state index in [0.717, 1.165) is 20.2 Å². The summed E-state index contributed by atoms with van der Waals surface area (Å²) < 4.78 is 1.08. The average Bonchev–Trinajstić information content (AvgIpc) is 3.15. The molecule has 0 radical (unpaired) electrons. The number of aromatic nitrogens is 2. The third-order valence-corrected chi connectivity index (χ3v) is 4.32.